The molecule has 1 rings (SSSR count). The van der Waals surface area contributed by atoms with Gasteiger partial charge < -0.3 is 4.74 Å². The molecule has 100 valence electrons. The van der Waals surface area contributed by atoms with E-state index < -0.39 is 0 Å². The summed E-state index contributed by atoms with van der Waals surface area (Å²) in [5.41, 5.74) is 1.30. The highest BCUT2D eigenvalue weighted by Gasteiger charge is 2.07. The highest BCUT2D eigenvalue weighted by Crippen LogP contribution is 2.09. The van der Waals surface area contributed by atoms with Gasteiger partial charge in [-0.25, -0.2) is 0 Å². The predicted octanol–water partition coefficient (Wildman–Crippen LogP) is 3.99. The highest BCUT2D eigenvalue weighted by molar-refractivity contribution is 5.69. The van der Waals surface area contributed by atoms with Crippen LogP contribution in [0.2, 0.25) is 0 Å². The summed E-state index contributed by atoms with van der Waals surface area (Å²) < 4.78 is 5.28. The second-order valence-corrected chi connectivity index (χ2v) is 4.94. The molecule has 0 spiro atoms. The molecule has 0 radical (unpaired) electrons. The van der Waals surface area contributed by atoms with Crippen molar-refractivity contribution in [2.75, 3.05) is 6.61 Å². The van der Waals surface area contributed by atoms with Crippen molar-refractivity contribution in [2.45, 2.75) is 46.0 Å². The average Bonchev–Trinajstić information content (AvgIpc) is 2.38. The number of hydrogen-bond donors (Lipinski definition) is 0. The Morgan fingerprint density at radius 2 is 1.94 bits per heavy atom. The van der Waals surface area contributed by atoms with E-state index >= 15 is 0 Å². The van der Waals surface area contributed by atoms with Gasteiger partial charge in [-0.2, -0.15) is 0 Å². The molecule has 0 saturated carbocycles. The summed E-state index contributed by atoms with van der Waals surface area (Å²) >= 11 is 0. The van der Waals surface area contributed by atoms with Gasteiger partial charge in [0.1, 0.15) is 0 Å². The van der Waals surface area contributed by atoms with Crippen molar-refractivity contribution >= 4 is 5.97 Å². The summed E-state index contributed by atoms with van der Waals surface area (Å²) in [5.74, 6) is 0.325. The van der Waals surface area contributed by atoms with Gasteiger partial charge in [0.2, 0.25) is 0 Å². The first-order valence-corrected chi connectivity index (χ1v) is 6.92. The lowest BCUT2D eigenvalue weighted by Crippen LogP contribution is -2.13. The summed E-state index contributed by atoms with van der Waals surface area (Å²) in [6.45, 7) is 4.78. The first kappa shape index (κ1) is 14.7. The molecule has 1 aromatic carbocycles. The second kappa shape index (κ2) is 8.73. The third-order valence-corrected chi connectivity index (χ3v) is 2.94. The molecule has 0 fully saturated rings. The number of unbranched alkanes of at least 4 members (excludes halogenated alkanes) is 2. The fraction of sp³-hybridized carbons (Fsp3) is 0.562. The normalized spacial score (nSPS) is 12.1. The molecule has 0 aromatic heterocycles. The van der Waals surface area contributed by atoms with E-state index in [9.17, 15) is 4.79 Å². The van der Waals surface area contributed by atoms with E-state index in [0.29, 0.717) is 18.9 Å². The van der Waals surface area contributed by atoms with Gasteiger partial charge in [0.15, 0.2) is 0 Å². The van der Waals surface area contributed by atoms with E-state index in [1.165, 1.54) is 5.56 Å². The smallest absolute Gasteiger partial charge is 0.305 e. The lowest BCUT2D eigenvalue weighted by atomic mass is 10.0. The fourth-order valence-electron chi connectivity index (χ4n) is 1.90. The van der Waals surface area contributed by atoms with Crippen LogP contribution in [0.25, 0.3) is 0 Å². The standard InChI is InChI=1S/C16H24O2/c1-3-4-6-11-16(17)18-13-14(2)12-15-9-7-5-8-10-15/h5,7-10,14H,3-4,6,11-13H2,1-2H3/t14-/m0/s1. The Kier molecular flexibility index (Phi) is 7.16. The third kappa shape index (κ3) is 6.43. The largest absolute Gasteiger partial charge is 0.465 e. The molecule has 0 amide bonds. The Hall–Kier alpha value is -1.31. The second-order valence-electron chi connectivity index (χ2n) is 4.94. The molecule has 0 aliphatic carbocycles. The molecule has 18 heavy (non-hydrogen) atoms. The number of rotatable bonds is 8. The van der Waals surface area contributed by atoms with Gasteiger partial charge in [-0.1, -0.05) is 57.0 Å². The van der Waals surface area contributed by atoms with Gasteiger partial charge in [0.05, 0.1) is 6.61 Å². The lowest BCUT2D eigenvalue weighted by Gasteiger charge is -2.12. The maximum atomic E-state index is 11.5. The first-order valence-electron chi connectivity index (χ1n) is 6.92. The Balaban J connectivity index is 2.17. The molecular formula is C16H24O2. The van der Waals surface area contributed by atoms with Crippen molar-refractivity contribution in [2.24, 2.45) is 5.92 Å². The van der Waals surface area contributed by atoms with Crippen molar-refractivity contribution in [3.63, 3.8) is 0 Å². The van der Waals surface area contributed by atoms with Crippen LogP contribution in [0, 0.1) is 5.92 Å². The van der Waals surface area contributed by atoms with Crippen LogP contribution in [0.4, 0.5) is 0 Å². The van der Waals surface area contributed by atoms with Crippen LogP contribution in [-0.2, 0) is 16.0 Å². The molecule has 0 N–H and O–H groups in total. The zero-order valence-corrected chi connectivity index (χ0v) is 11.5. The predicted molar refractivity (Wildman–Crippen MR) is 74.4 cm³/mol. The quantitative estimate of drug-likeness (QED) is 0.513. The van der Waals surface area contributed by atoms with Crippen LogP contribution in [0.1, 0.15) is 45.1 Å². The van der Waals surface area contributed by atoms with Crippen molar-refractivity contribution in [3.05, 3.63) is 35.9 Å². The van der Waals surface area contributed by atoms with E-state index in [4.69, 9.17) is 4.74 Å². The minimum atomic E-state index is -0.0524. The summed E-state index contributed by atoms with van der Waals surface area (Å²) in [6, 6.07) is 10.3. The van der Waals surface area contributed by atoms with Crippen molar-refractivity contribution in [3.8, 4) is 0 Å². The monoisotopic (exact) mass is 248 g/mol. The number of carbonyl (C=O) groups excluding carboxylic acids is 1. The molecule has 0 aliphatic heterocycles. The molecule has 0 saturated heterocycles. The van der Waals surface area contributed by atoms with Crippen LogP contribution in [0.5, 0.6) is 0 Å². The summed E-state index contributed by atoms with van der Waals surface area (Å²) in [6.07, 6.45) is 4.71. The van der Waals surface area contributed by atoms with E-state index in [1.54, 1.807) is 0 Å². The van der Waals surface area contributed by atoms with Gasteiger partial charge in [-0.15, -0.1) is 0 Å². The Labute approximate surface area is 110 Å². The zero-order valence-electron chi connectivity index (χ0n) is 11.5. The van der Waals surface area contributed by atoms with Gasteiger partial charge in [0.25, 0.3) is 0 Å². The van der Waals surface area contributed by atoms with E-state index in [0.717, 1.165) is 25.7 Å². The number of hydrogen-bond acceptors (Lipinski definition) is 2. The van der Waals surface area contributed by atoms with Crippen molar-refractivity contribution < 1.29 is 9.53 Å². The summed E-state index contributed by atoms with van der Waals surface area (Å²) in [7, 11) is 0. The van der Waals surface area contributed by atoms with Crippen LogP contribution >= 0.6 is 0 Å². The van der Waals surface area contributed by atoms with Crippen LogP contribution < -0.4 is 0 Å². The zero-order chi connectivity index (χ0) is 13.2. The van der Waals surface area contributed by atoms with Gasteiger partial charge >= 0.3 is 5.97 Å². The number of benzene rings is 1. The Morgan fingerprint density at radius 1 is 1.22 bits per heavy atom. The minimum Gasteiger partial charge on any atom is -0.465 e. The molecule has 0 bridgehead atoms. The van der Waals surface area contributed by atoms with Gasteiger partial charge in [-0.05, 0) is 24.3 Å². The lowest BCUT2D eigenvalue weighted by molar-refractivity contribution is -0.145. The van der Waals surface area contributed by atoms with E-state index in [-0.39, 0.29) is 5.97 Å². The Bertz CT molecular complexity index is 332. The number of ether oxygens (including phenoxy) is 1. The van der Waals surface area contributed by atoms with Gasteiger partial charge in [-0.3, -0.25) is 4.79 Å². The van der Waals surface area contributed by atoms with Crippen LogP contribution in [-0.4, -0.2) is 12.6 Å². The molecule has 2 heteroatoms. The minimum absolute atomic E-state index is 0.0524. The maximum absolute atomic E-state index is 11.5. The molecule has 0 aliphatic rings. The Morgan fingerprint density at radius 3 is 2.61 bits per heavy atom. The average molecular weight is 248 g/mol. The molecule has 0 unspecified atom stereocenters. The van der Waals surface area contributed by atoms with E-state index in [2.05, 4.69) is 26.0 Å². The van der Waals surface area contributed by atoms with Crippen molar-refractivity contribution in [1.82, 2.24) is 0 Å². The summed E-state index contributed by atoms with van der Waals surface area (Å²) in [5, 5.41) is 0. The van der Waals surface area contributed by atoms with Crippen molar-refractivity contribution in [1.29, 1.82) is 0 Å². The van der Waals surface area contributed by atoms with Gasteiger partial charge in [0, 0.05) is 6.42 Å². The molecule has 0 heterocycles. The third-order valence-electron chi connectivity index (χ3n) is 2.94. The molecule has 2 nitrogen and oxygen atoms in total. The van der Waals surface area contributed by atoms with Crippen LogP contribution in [0.3, 0.4) is 0 Å². The summed E-state index contributed by atoms with van der Waals surface area (Å²) in [4.78, 5) is 11.5. The number of esters is 1. The molecule has 1 atom stereocenters. The maximum Gasteiger partial charge on any atom is 0.305 e. The number of carbonyl (C=O) groups is 1. The SMILES string of the molecule is CCCCCC(=O)OC[C@@H](C)Cc1ccccc1. The highest BCUT2D eigenvalue weighted by atomic mass is 16.5. The van der Waals surface area contributed by atoms with Crippen LogP contribution in [0.15, 0.2) is 30.3 Å². The first-order chi connectivity index (χ1) is 8.72. The topological polar surface area (TPSA) is 26.3 Å². The molecular weight excluding hydrogens is 224 g/mol. The fourth-order valence-corrected chi connectivity index (χ4v) is 1.90. The van der Waals surface area contributed by atoms with E-state index in [1.807, 2.05) is 18.2 Å². The molecule has 1 aromatic rings.